The van der Waals surface area contributed by atoms with Crippen LogP contribution in [-0.2, 0) is 10.0 Å². The van der Waals surface area contributed by atoms with Crippen LogP contribution in [0.5, 0.6) is 0 Å². The SMILES string of the molecule is CCN(CC)S(=O)(=O)c1ccc(C)c(C(=O)Nc2cc(Cl)ccc2N(C)C)c1. The lowest BCUT2D eigenvalue weighted by Gasteiger charge is -2.20. The lowest BCUT2D eigenvalue weighted by molar-refractivity contribution is 0.102. The second-order valence-corrected chi connectivity index (χ2v) is 8.95. The summed E-state index contributed by atoms with van der Waals surface area (Å²) < 4.78 is 27.0. The Bertz CT molecular complexity index is 971. The van der Waals surface area contributed by atoms with Crippen LogP contribution in [0.4, 0.5) is 11.4 Å². The topological polar surface area (TPSA) is 69.7 Å². The van der Waals surface area contributed by atoms with E-state index in [2.05, 4.69) is 5.32 Å². The van der Waals surface area contributed by atoms with Crippen molar-refractivity contribution in [2.45, 2.75) is 25.7 Å². The second kappa shape index (κ2) is 8.94. The fraction of sp³-hybridized carbons (Fsp3) is 0.350. The van der Waals surface area contributed by atoms with Crippen LogP contribution in [0, 0.1) is 6.92 Å². The number of amides is 1. The number of carbonyl (C=O) groups excluding carboxylic acids is 1. The zero-order valence-electron chi connectivity index (χ0n) is 16.8. The van der Waals surface area contributed by atoms with Gasteiger partial charge in [0.1, 0.15) is 0 Å². The van der Waals surface area contributed by atoms with Crippen LogP contribution >= 0.6 is 11.6 Å². The minimum absolute atomic E-state index is 0.103. The quantitative estimate of drug-likeness (QED) is 0.730. The van der Waals surface area contributed by atoms with E-state index in [0.29, 0.717) is 34.9 Å². The normalized spacial score (nSPS) is 11.5. The van der Waals surface area contributed by atoms with E-state index < -0.39 is 10.0 Å². The summed E-state index contributed by atoms with van der Waals surface area (Å²) in [4.78, 5) is 14.9. The van der Waals surface area contributed by atoms with Gasteiger partial charge >= 0.3 is 0 Å². The first-order valence-electron chi connectivity index (χ1n) is 9.00. The monoisotopic (exact) mass is 423 g/mol. The van der Waals surface area contributed by atoms with E-state index >= 15 is 0 Å². The van der Waals surface area contributed by atoms with Gasteiger partial charge < -0.3 is 10.2 Å². The van der Waals surface area contributed by atoms with Crippen LogP contribution in [-0.4, -0.2) is 45.8 Å². The number of rotatable bonds is 7. The van der Waals surface area contributed by atoms with Crippen LogP contribution in [0.1, 0.15) is 29.8 Å². The van der Waals surface area contributed by atoms with Crippen LogP contribution in [0.3, 0.4) is 0 Å². The molecule has 0 aromatic heterocycles. The maximum atomic E-state index is 12.9. The standard InChI is InChI=1S/C20H26ClN3O3S/c1-6-24(7-2)28(26,27)16-10-8-14(3)17(13-16)20(25)22-18-12-15(21)9-11-19(18)23(4)5/h8-13H,6-7H2,1-5H3,(H,22,25). The molecule has 0 atom stereocenters. The average Bonchev–Trinajstić information content (AvgIpc) is 2.62. The fourth-order valence-electron chi connectivity index (χ4n) is 2.91. The van der Waals surface area contributed by atoms with E-state index in [4.69, 9.17) is 11.6 Å². The maximum absolute atomic E-state index is 12.9. The van der Waals surface area contributed by atoms with Crippen molar-refractivity contribution in [2.24, 2.45) is 0 Å². The molecule has 28 heavy (non-hydrogen) atoms. The van der Waals surface area contributed by atoms with Crippen molar-refractivity contribution < 1.29 is 13.2 Å². The Hall–Kier alpha value is -2.09. The van der Waals surface area contributed by atoms with Crippen LogP contribution in [0.15, 0.2) is 41.3 Å². The molecule has 0 aliphatic rings. The van der Waals surface area contributed by atoms with Gasteiger partial charge in [0, 0.05) is 37.8 Å². The number of hydrogen-bond acceptors (Lipinski definition) is 4. The first-order valence-corrected chi connectivity index (χ1v) is 10.8. The van der Waals surface area contributed by atoms with E-state index in [-0.39, 0.29) is 10.8 Å². The molecule has 0 saturated carbocycles. The Kier molecular flexibility index (Phi) is 7.09. The number of carbonyl (C=O) groups is 1. The van der Waals surface area contributed by atoms with Crippen LogP contribution in [0.25, 0.3) is 0 Å². The number of hydrogen-bond donors (Lipinski definition) is 1. The van der Waals surface area contributed by atoms with Crippen molar-refractivity contribution in [3.8, 4) is 0 Å². The molecule has 2 aromatic rings. The fourth-order valence-corrected chi connectivity index (χ4v) is 4.56. The van der Waals surface area contributed by atoms with Gasteiger partial charge in [0.05, 0.1) is 16.3 Å². The number of nitrogens with one attached hydrogen (secondary N) is 1. The summed E-state index contributed by atoms with van der Waals surface area (Å²) in [6, 6.07) is 9.83. The molecule has 0 radical (unpaired) electrons. The molecule has 0 spiro atoms. The third kappa shape index (κ3) is 4.66. The molecule has 1 amide bonds. The minimum Gasteiger partial charge on any atom is -0.376 e. The van der Waals surface area contributed by atoms with Crippen LogP contribution < -0.4 is 10.2 Å². The molecule has 2 rings (SSSR count). The summed E-state index contributed by atoms with van der Waals surface area (Å²) in [7, 11) is 0.0739. The van der Waals surface area contributed by atoms with Gasteiger partial charge in [-0.15, -0.1) is 0 Å². The largest absolute Gasteiger partial charge is 0.376 e. The van der Waals surface area contributed by atoms with Crippen molar-refractivity contribution in [3.05, 3.63) is 52.5 Å². The molecular weight excluding hydrogens is 398 g/mol. The lowest BCUT2D eigenvalue weighted by Crippen LogP contribution is -2.30. The Morgan fingerprint density at radius 3 is 2.29 bits per heavy atom. The van der Waals surface area contributed by atoms with E-state index in [1.54, 1.807) is 39.0 Å². The highest BCUT2D eigenvalue weighted by Crippen LogP contribution is 2.29. The zero-order chi connectivity index (χ0) is 21.1. The molecule has 0 aliphatic heterocycles. The molecule has 0 unspecified atom stereocenters. The van der Waals surface area contributed by atoms with Gasteiger partial charge in [-0.05, 0) is 42.8 Å². The highest BCUT2D eigenvalue weighted by Gasteiger charge is 2.23. The first-order chi connectivity index (χ1) is 13.1. The highest BCUT2D eigenvalue weighted by molar-refractivity contribution is 7.89. The van der Waals surface area contributed by atoms with Gasteiger partial charge in [0.25, 0.3) is 5.91 Å². The van der Waals surface area contributed by atoms with Gasteiger partial charge in [-0.2, -0.15) is 4.31 Å². The van der Waals surface area contributed by atoms with Gasteiger partial charge in [-0.3, -0.25) is 4.79 Å². The van der Waals surface area contributed by atoms with E-state index in [9.17, 15) is 13.2 Å². The summed E-state index contributed by atoms with van der Waals surface area (Å²) in [5.41, 5.74) is 2.34. The first kappa shape index (κ1) is 22.2. The zero-order valence-corrected chi connectivity index (χ0v) is 18.4. The molecule has 1 N–H and O–H groups in total. The van der Waals surface area contributed by atoms with Crippen LogP contribution in [0.2, 0.25) is 5.02 Å². The van der Waals surface area contributed by atoms with Gasteiger partial charge in [0.15, 0.2) is 0 Å². The number of aryl methyl sites for hydroxylation is 1. The Balaban J connectivity index is 2.44. The highest BCUT2D eigenvalue weighted by atomic mass is 35.5. The maximum Gasteiger partial charge on any atom is 0.256 e. The van der Waals surface area contributed by atoms with Crippen molar-refractivity contribution in [1.29, 1.82) is 0 Å². The number of benzene rings is 2. The van der Waals surface area contributed by atoms with E-state index in [1.807, 2.05) is 25.1 Å². The average molecular weight is 424 g/mol. The molecule has 6 nitrogen and oxygen atoms in total. The summed E-state index contributed by atoms with van der Waals surface area (Å²) in [6.07, 6.45) is 0. The van der Waals surface area contributed by atoms with Crippen molar-refractivity contribution in [2.75, 3.05) is 37.4 Å². The third-order valence-corrected chi connectivity index (χ3v) is 6.77. The second-order valence-electron chi connectivity index (χ2n) is 6.58. The number of sulfonamides is 1. The summed E-state index contributed by atoms with van der Waals surface area (Å²) >= 11 is 6.08. The Morgan fingerprint density at radius 1 is 1.07 bits per heavy atom. The molecule has 0 heterocycles. The van der Waals surface area contributed by atoms with E-state index in [1.165, 1.54) is 16.4 Å². The van der Waals surface area contributed by atoms with Crippen molar-refractivity contribution >= 4 is 38.9 Å². The molecule has 0 fully saturated rings. The number of nitrogens with zero attached hydrogens (tertiary/aromatic N) is 2. The molecule has 8 heteroatoms. The molecular formula is C20H26ClN3O3S. The predicted octanol–water partition coefficient (Wildman–Crippen LogP) is 4.00. The smallest absolute Gasteiger partial charge is 0.256 e. The Morgan fingerprint density at radius 2 is 1.71 bits per heavy atom. The van der Waals surface area contributed by atoms with Gasteiger partial charge in [0.2, 0.25) is 10.0 Å². The number of anilines is 2. The summed E-state index contributed by atoms with van der Waals surface area (Å²) in [5, 5.41) is 3.35. The summed E-state index contributed by atoms with van der Waals surface area (Å²) in [5.74, 6) is -0.389. The molecule has 0 saturated heterocycles. The summed E-state index contributed by atoms with van der Waals surface area (Å²) in [6.45, 7) is 6.06. The molecule has 0 aliphatic carbocycles. The lowest BCUT2D eigenvalue weighted by atomic mass is 10.1. The molecule has 0 bridgehead atoms. The van der Waals surface area contributed by atoms with Gasteiger partial charge in [-0.25, -0.2) is 8.42 Å². The molecule has 2 aromatic carbocycles. The van der Waals surface area contributed by atoms with Gasteiger partial charge in [-0.1, -0.05) is 31.5 Å². The molecule has 152 valence electrons. The number of halogens is 1. The van der Waals surface area contributed by atoms with Crippen molar-refractivity contribution in [3.63, 3.8) is 0 Å². The minimum atomic E-state index is -3.65. The van der Waals surface area contributed by atoms with Crippen molar-refractivity contribution in [1.82, 2.24) is 4.31 Å². The van der Waals surface area contributed by atoms with E-state index in [0.717, 1.165) is 5.69 Å². The predicted molar refractivity (Wildman–Crippen MR) is 115 cm³/mol. The third-order valence-electron chi connectivity index (χ3n) is 4.49. The Labute approximate surface area is 172 Å².